The number of anilines is 1. The predicted octanol–water partition coefficient (Wildman–Crippen LogP) is 4.24. The van der Waals surface area contributed by atoms with Gasteiger partial charge in [0, 0.05) is 30.9 Å². The molecule has 7 heteroatoms. The molecule has 0 aliphatic carbocycles. The number of hydrogen-bond acceptors (Lipinski definition) is 3. The molecule has 31 heavy (non-hydrogen) atoms. The lowest BCUT2D eigenvalue weighted by Crippen LogP contribution is -2.36. The first-order valence-corrected chi connectivity index (χ1v) is 11.6. The van der Waals surface area contributed by atoms with Crippen LogP contribution < -0.4 is 4.90 Å². The van der Waals surface area contributed by atoms with Gasteiger partial charge in [-0.15, -0.1) is 0 Å². The van der Waals surface area contributed by atoms with Crippen molar-refractivity contribution in [3.05, 3.63) is 95.3 Å². The van der Waals surface area contributed by atoms with E-state index in [1.807, 2.05) is 31.2 Å². The molecule has 0 radical (unpaired) electrons. The molecule has 3 aromatic rings. The van der Waals surface area contributed by atoms with Crippen LogP contribution in [-0.2, 0) is 23.0 Å². The maximum Gasteiger partial charge on any atom is 0.258 e. The van der Waals surface area contributed by atoms with Crippen molar-refractivity contribution in [1.29, 1.82) is 0 Å². The Morgan fingerprint density at radius 2 is 1.71 bits per heavy atom. The van der Waals surface area contributed by atoms with Gasteiger partial charge in [0.2, 0.25) is 10.0 Å². The summed E-state index contributed by atoms with van der Waals surface area (Å²) in [4.78, 5) is 14.7. The third-order valence-electron chi connectivity index (χ3n) is 5.51. The van der Waals surface area contributed by atoms with Crippen molar-refractivity contribution in [2.24, 2.45) is 0 Å². The van der Waals surface area contributed by atoms with E-state index in [1.165, 1.54) is 45.6 Å². The summed E-state index contributed by atoms with van der Waals surface area (Å²) in [5, 5.41) is 0. The number of rotatable bonds is 5. The summed E-state index contributed by atoms with van der Waals surface area (Å²) >= 11 is 0. The van der Waals surface area contributed by atoms with E-state index in [1.54, 1.807) is 12.1 Å². The highest BCUT2D eigenvalue weighted by Gasteiger charge is 2.29. The van der Waals surface area contributed by atoms with Crippen molar-refractivity contribution in [3.63, 3.8) is 0 Å². The molecule has 1 aliphatic heterocycles. The quantitative estimate of drug-likeness (QED) is 0.599. The van der Waals surface area contributed by atoms with Crippen LogP contribution in [0.3, 0.4) is 0 Å². The fourth-order valence-electron chi connectivity index (χ4n) is 3.83. The van der Waals surface area contributed by atoms with E-state index >= 15 is 0 Å². The highest BCUT2D eigenvalue weighted by atomic mass is 32.2. The molecule has 5 nitrogen and oxygen atoms in total. The van der Waals surface area contributed by atoms with E-state index in [0.717, 1.165) is 11.1 Å². The molecule has 0 N–H and O–H groups in total. The van der Waals surface area contributed by atoms with E-state index in [4.69, 9.17) is 0 Å². The molecule has 1 amide bonds. The van der Waals surface area contributed by atoms with Gasteiger partial charge in [0.25, 0.3) is 5.91 Å². The summed E-state index contributed by atoms with van der Waals surface area (Å²) in [6.45, 7) is 2.89. The van der Waals surface area contributed by atoms with E-state index in [0.29, 0.717) is 31.7 Å². The fraction of sp³-hybridized carbons (Fsp3) is 0.208. The first kappa shape index (κ1) is 21.2. The topological polar surface area (TPSA) is 57.7 Å². The minimum absolute atomic E-state index is 0.0906. The van der Waals surface area contributed by atoms with Crippen LogP contribution in [0, 0.1) is 5.82 Å². The van der Waals surface area contributed by atoms with Crippen LogP contribution >= 0.6 is 0 Å². The Morgan fingerprint density at radius 3 is 2.42 bits per heavy atom. The van der Waals surface area contributed by atoms with Crippen molar-refractivity contribution in [2.45, 2.75) is 24.8 Å². The van der Waals surface area contributed by atoms with E-state index in [-0.39, 0.29) is 22.2 Å². The van der Waals surface area contributed by atoms with E-state index in [2.05, 4.69) is 0 Å². The van der Waals surface area contributed by atoms with Gasteiger partial charge in [-0.1, -0.05) is 30.3 Å². The zero-order valence-electron chi connectivity index (χ0n) is 17.2. The Morgan fingerprint density at radius 1 is 1.00 bits per heavy atom. The standard InChI is InChI=1S/C24H23FN2O3S/c1-2-27(22-12-10-21(25)11-13-22)24(28)19-8-5-9-23(16-19)31(29,30)26-15-14-18-6-3-4-7-20(18)17-26/h3-13,16H,2,14-15,17H2,1H3. The molecule has 0 spiro atoms. The molecule has 0 atom stereocenters. The molecule has 160 valence electrons. The minimum Gasteiger partial charge on any atom is -0.309 e. The number of carbonyl (C=O) groups is 1. The molecule has 1 aliphatic rings. The molecule has 0 saturated carbocycles. The van der Waals surface area contributed by atoms with Gasteiger partial charge < -0.3 is 4.90 Å². The van der Waals surface area contributed by atoms with Crippen molar-refractivity contribution >= 4 is 21.6 Å². The van der Waals surface area contributed by atoms with Gasteiger partial charge in [-0.3, -0.25) is 4.79 Å². The van der Waals surface area contributed by atoms with Crippen LogP contribution in [-0.4, -0.2) is 31.7 Å². The molecule has 4 rings (SSSR count). The Bertz CT molecular complexity index is 1210. The summed E-state index contributed by atoms with van der Waals surface area (Å²) in [5.41, 5.74) is 2.98. The molecule has 0 fully saturated rings. The first-order valence-electron chi connectivity index (χ1n) is 10.1. The summed E-state index contributed by atoms with van der Waals surface area (Å²) in [5.74, 6) is -0.724. The predicted molar refractivity (Wildman–Crippen MR) is 118 cm³/mol. The Balaban J connectivity index is 1.61. The lowest BCUT2D eigenvalue weighted by molar-refractivity contribution is 0.0988. The summed E-state index contributed by atoms with van der Waals surface area (Å²) < 4.78 is 41.3. The number of amides is 1. The maximum absolute atomic E-state index is 13.3. The maximum atomic E-state index is 13.3. The summed E-state index contributed by atoms with van der Waals surface area (Å²) in [6.07, 6.45) is 0.655. The van der Waals surface area contributed by atoms with Crippen LogP contribution in [0.1, 0.15) is 28.4 Å². The molecule has 0 saturated heterocycles. The number of sulfonamides is 1. The molecule has 1 heterocycles. The lowest BCUT2D eigenvalue weighted by Gasteiger charge is -2.28. The zero-order chi connectivity index (χ0) is 22.0. The third-order valence-corrected chi connectivity index (χ3v) is 7.36. The largest absolute Gasteiger partial charge is 0.309 e. The fourth-order valence-corrected chi connectivity index (χ4v) is 5.30. The second kappa shape index (κ2) is 8.61. The SMILES string of the molecule is CCN(C(=O)c1cccc(S(=O)(=O)N2CCc3ccccc3C2)c1)c1ccc(F)cc1. The van der Waals surface area contributed by atoms with E-state index in [9.17, 15) is 17.6 Å². The zero-order valence-corrected chi connectivity index (χ0v) is 18.0. The van der Waals surface area contributed by atoms with Gasteiger partial charge >= 0.3 is 0 Å². The number of nitrogens with zero attached hydrogens (tertiary/aromatic N) is 2. The van der Waals surface area contributed by atoms with Gasteiger partial charge in [0.05, 0.1) is 4.90 Å². The molecule has 3 aromatic carbocycles. The molecule has 0 bridgehead atoms. The molecule has 0 aromatic heterocycles. The second-order valence-electron chi connectivity index (χ2n) is 7.41. The van der Waals surface area contributed by atoms with Gasteiger partial charge in [0.1, 0.15) is 5.82 Å². The highest BCUT2D eigenvalue weighted by molar-refractivity contribution is 7.89. The number of fused-ring (bicyclic) bond motifs is 1. The summed E-state index contributed by atoms with van der Waals surface area (Å²) in [6, 6.07) is 19.6. The van der Waals surface area contributed by atoms with Crippen LogP contribution in [0.15, 0.2) is 77.7 Å². The van der Waals surface area contributed by atoms with Gasteiger partial charge in [-0.2, -0.15) is 4.31 Å². The Hall–Kier alpha value is -3.03. The number of carbonyl (C=O) groups excluding carboxylic acids is 1. The average molecular weight is 439 g/mol. The van der Waals surface area contributed by atoms with Crippen molar-refractivity contribution < 1.29 is 17.6 Å². The minimum atomic E-state index is -3.75. The summed E-state index contributed by atoms with van der Waals surface area (Å²) in [7, 11) is -3.75. The number of hydrogen-bond donors (Lipinski definition) is 0. The Labute approximate surface area is 181 Å². The van der Waals surface area contributed by atoms with Crippen molar-refractivity contribution in [3.8, 4) is 0 Å². The highest BCUT2D eigenvalue weighted by Crippen LogP contribution is 2.26. The van der Waals surface area contributed by atoms with E-state index < -0.39 is 10.0 Å². The van der Waals surface area contributed by atoms with Crippen LogP contribution in [0.2, 0.25) is 0 Å². The van der Waals surface area contributed by atoms with Crippen molar-refractivity contribution in [2.75, 3.05) is 18.0 Å². The number of benzene rings is 3. The Kier molecular flexibility index (Phi) is 5.89. The average Bonchev–Trinajstić information content (AvgIpc) is 2.80. The normalized spacial score (nSPS) is 14.1. The molecular weight excluding hydrogens is 415 g/mol. The first-order chi connectivity index (χ1) is 14.9. The lowest BCUT2D eigenvalue weighted by atomic mass is 10.0. The second-order valence-corrected chi connectivity index (χ2v) is 9.35. The monoisotopic (exact) mass is 438 g/mol. The third kappa shape index (κ3) is 4.24. The number of halogens is 1. The van der Waals surface area contributed by atoms with Gasteiger partial charge in [0.15, 0.2) is 0 Å². The van der Waals surface area contributed by atoms with Crippen LogP contribution in [0.4, 0.5) is 10.1 Å². The van der Waals surface area contributed by atoms with Gasteiger partial charge in [-0.25, -0.2) is 12.8 Å². The molecular formula is C24H23FN2O3S. The van der Waals surface area contributed by atoms with Crippen molar-refractivity contribution in [1.82, 2.24) is 4.31 Å². The smallest absolute Gasteiger partial charge is 0.258 e. The van der Waals surface area contributed by atoms with Crippen LogP contribution in [0.25, 0.3) is 0 Å². The molecule has 0 unspecified atom stereocenters. The van der Waals surface area contributed by atoms with Crippen LogP contribution in [0.5, 0.6) is 0 Å². The van der Waals surface area contributed by atoms with Gasteiger partial charge in [-0.05, 0) is 66.9 Å².